The van der Waals surface area contributed by atoms with Gasteiger partial charge in [-0.25, -0.2) is 4.39 Å². The summed E-state index contributed by atoms with van der Waals surface area (Å²) in [4.78, 5) is 14.2. The summed E-state index contributed by atoms with van der Waals surface area (Å²) in [6.07, 6.45) is -2.87. The lowest BCUT2D eigenvalue weighted by atomic mass is 10.1. The molecule has 1 aliphatic heterocycles. The van der Waals surface area contributed by atoms with E-state index in [0.29, 0.717) is 16.8 Å². The SMILES string of the molecule is O=C1c2cc(-c3nnc(C(F)F)o3)ccc2CN1c1cccc(F)c1Br. The zero-order chi connectivity index (χ0) is 18.4. The van der Waals surface area contributed by atoms with Gasteiger partial charge in [0.05, 0.1) is 16.7 Å². The van der Waals surface area contributed by atoms with Crippen LogP contribution < -0.4 is 4.90 Å². The molecule has 26 heavy (non-hydrogen) atoms. The van der Waals surface area contributed by atoms with Crippen molar-refractivity contribution in [2.24, 2.45) is 0 Å². The van der Waals surface area contributed by atoms with Crippen LogP contribution in [-0.2, 0) is 6.54 Å². The summed E-state index contributed by atoms with van der Waals surface area (Å²) in [5.41, 5.74) is 1.86. The Kier molecular flexibility index (Phi) is 4.03. The first-order valence-electron chi connectivity index (χ1n) is 7.46. The van der Waals surface area contributed by atoms with Gasteiger partial charge in [-0.1, -0.05) is 12.1 Å². The highest BCUT2D eigenvalue weighted by atomic mass is 79.9. The van der Waals surface area contributed by atoms with E-state index in [0.717, 1.165) is 5.56 Å². The van der Waals surface area contributed by atoms with Gasteiger partial charge in [0, 0.05) is 11.1 Å². The lowest BCUT2D eigenvalue weighted by molar-refractivity contribution is 0.0996. The molecule has 0 fully saturated rings. The second kappa shape index (κ2) is 6.24. The number of carbonyl (C=O) groups excluding carboxylic acids is 1. The quantitative estimate of drug-likeness (QED) is 0.610. The number of aromatic nitrogens is 2. The maximum atomic E-state index is 13.8. The molecule has 0 bridgehead atoms. The van der Waals surface area contributed by atoms with Crippen LogP contribution in [-0.4, -0.2) is 16.1 Å². The molecule has 0 atom stereocenters. The van der Waals surface area contributed by atoms with Gasteiger partial charge in [-0.15, -0.1) is 10.2 Å². The van der Waals surface area contributed by atoms with Gasteiger partial charge in [-0.2, -0.15) is 8.78 Å². The number of halogens is 4. The molecule has 0 aliphatic carbocycles. The zero-order valence-corrected chi connectivity index (χ0v) is 14.5. The van der Waals surface area contributed by atoms with Gasteiger partial charge in [0.15, 0.2) is 0 Å². The topological polar surface area (TPSA) is 59.2 Å². The number of anilines is 1. The Morgan fingerprint density at radius 2 is 2.00 bits per heavy atom. The molecule has 2 aromatic carbocycles. The first-order chi connectivity index (χ1) is 12.5. The molecular weight excluding hydrogens is 415 g/mol. The highest BCUT2D eigenvalue weighted by Gasteiger charge is 2.31. The van der Waals surface area contributed by atoms with Gasteiger partial charge in [-0.3, -0.25) is 4.79 Å². The van der Waals surface area contributed by atoms with Gasteiger partial charge >= 0.3 is 6.43 Å². The molecule has 2 heterocycles. The number of fused-ring (bicyclic) bond motifs is 1. The average molecular weight is 424 g/mol. The number of rotatable bonds is 3. The molecule has 1 amide bonds. The van der Waals surface area contributed by atoms with Crippen molar-refractivity contribution in [2.75, 3.05) is 4.90 Å². The van der Waals surface area contributed by atoms with Crippen LogP contribution in [0.5, 0.6) is 0 Å². The zero-order valence-electron chi connectivity index (χ0n) is 12.9. The maximum Gasteiger partial charge on any atom is 0.314 e. The van der Waals surface area contributed by atoms with Crippen LogP contribution in [0.2, 0.25) is 0 Å². The molecule has 0 saturated carbocycles. The van der Waals surface area contributed by atoms with Crippen LogP contribution in [0.4, 0.5) is 18.9 Å². The monoisotopic (exact) mass is 423 g/mol. The Balaban J connectivity index is 1.70. The second-order valence-electron chi connectivity index (χ2n) is 5.58. The minimum atomic E-state index is -2.87. The number of hydrogen-bond acceptors (Lipinski definition) is 4. The molecule has 5 nitrogen and oxygen atoms in total. The van der Waals surface area contributed by atoms with Gasteiger partial charge < -0.3 is 9.32 Å². The number of alkyl halides is 2. The van der Waals surface area contributed by atoms with Crippen molar-refractivity contribution in [2.45, 2.75) is 13.0 Å². The molecule has 4 rings (SSSR count). The highest BCUT2D eigenvalue weighted by molar-refractivity contribution is 9.10. The number of benzene rings is 2. The molecule has 0 spiro atoms. The summed E-state index contributed by atoms with van der Waals surface area (Å²) < 4.78 is 44.1. The molecule has 0 radical (unpaired) electrons. The number of hydrogen-bond donors (Lipinski definition) is 0. The van der Waals surface area contributed by atoms with Crippen LogP contribution in [0.3, 0.4) is 0 Å². The van der Waals surface area contributed by atoms with Crippen molar-refractivity contribution >= 4 is 27.5 Å². The van der Waals surface area contributed by atoms with Crippen molar-refractivity contribution in [3.8, 4) is 11.5 Å². The predicted molar refractivity (Wildman–Crippen MR) is 89.3 cm³/mol. The molecule has 1 aliphatic rings. The normalized spacial score (nSPS) is 13.6. The third kappa shape index (κ3) is 2.68. The van der Waals surface area contributed by atoms with E-state index in [4.69, 9.17) is 4.42 Å². The number of carbonyl (C=O) groups is 1. The Hall–Kier alpha value is -2.68. The predicted octanol–water partition coefficient (Wildman–Crippen LogP) is 4.74. The smallest absolute Gasteiger partial charge is 0.314 e. The molecule has 1 aromatic heterocycles. The Bertz CT molecular complexity index is 1020. The van der Waals surface area contributed by atoms with Crippen molar-refractivity contribution in [3.63, 3.8) is 0 Å². The van der Waals surface area contributed by atoms with Gasteiger partial charge in [-0.05, 0) is 45.8 Å². The van der Waals surface area contributed by atoms with E-state index in [1.54, 1.807) is 18.2 Å². The van der Waals surface area contributed by atoms with Crippen molar-refractivity contribution in [1.82, 2.24) is 10.2 Å². The Morgan fingerprint density at radius 3 is 2.73 bits per heavy atom. The van der Waals surface area contributed by atoms with E-state index in [1.807, 2.05) is 0 Å². The summed E-state index contributed by atoms with van der Waals surface area (Å²) in [6.45, 7) is 0.266. The standard InChI is InChI=1S/C17H9BrF3N3O2/c18-13-11(19)2-1-3-12(13)24-7-9-5-4-8(6-10(9)17(24)25)15-22-23-16(26-15)14(20)21/h1-6,14H,7H2. The fraction of sp³-hybridized carbons (Fsp3) is 0.118. The minimum absolute atomic E-state index is 0.0960. The largest absolute Gasteiger partial charge is 0.415 e. The molecule has 9 heteroatoms. The van der Waals surface area contributed by atoms with Crippen LogP contribution in [0.25, 0.3) is 11.5 Å². The molecule has 3 aromatic rings. The summed E-state index contributed by atoms with van der Waals surface area (Å²) in [5.74, 6) is -1.68. The van der Waals surface area contributed by atoms with E-state index >= 15 is 0 Å². The summed E-state index contributed by atoms with van der Waals surface area (Å²) >= 11 is 3.16. The lowest BCUT2D eigenvalue weighted by Crippen LogP contribution is -2.23. The fourth-order valence-corrected chi connectivity index (χ4v) is 3.25. The van der Waals surface area contributed by atoms with E-state index in [1.165, 1.54) is 23.1 Å². The number of amides is 1. The van der Waals surface area contributed by atoms with E-state index in [-0.39, 0.29) is 22.8 Å². The van der Waals surface area contributed by atoms with E-state index in [2.05, 4.69) is 26.1 Å². The molecular formula is C17H9BrF3N3O2. The highest BCUT2D eigenvalue weighted by Crippen LogP contribution is 2.36. The van der Waals surface area contributed by atoms with Crippen LogP contribution >= 0.6 is 15.9 Å². The van der Waals surface area contributed by atoms with Gasteiger partial charge in [0.25, 0.3) is 11.8 Å². The summed E-state index contributed by atoms with van der Waals surface area (Å²) in [5, 5.41) is 6.86. The Morgan fingerprint density at radius 1 is 1.19 bits per heavy atom. The van der Waals surface area contributed by atoms with E-state index < -0.39 is 18.1 Å². The van der Waals surface area contributed by atoms with Crippen LogP contribution in [0.1, 0.15) is 28.2 Å². The fourth-order valence-electron chi connectivity index (χ4n) is 2.77. The van der Waals surface area contributed by atoms with Crippen LogP contribution in [0, 0.1) is 5.82 Å². The number of nitrogens with zero attached hydrogens (tertiary/aromatic N) is 3. The average Bonchev–Trinajstić information content (AvgIpc) is 3.23. The van der Waals surface area contributed by atoms with Crippen molar-refractivity contribution < 1.29 is 22.4 Å². The summed E-state index contributed by atoms with van der Waals surface area (Å²) in [6, 6.07) is 9.23. The van der Waals surface area contributed by atoms with Crippen LogP contribution in [0.15, 0.2) is 45.3 Å². The summed E-state index contributed by atoms with van der Waals surface area (Å²) in [7, 11) is 0. The molecule has 132 valence electrons. The second-order valence-corrected chi connectivity index (χ2v) is 6.38. The molecule has 0 saturated heterocycles. The van der Waals surface area contributed by atoms with Gasteiger partial charge in [0.2, 0.25) is 5.89 Å². The maximum absolute atomic E-state index is 13.8. The lowest BCUT2D eigenvalue weighted by Gasteiger charge is -2.17. The van der Waals surface area contributed by atoms with Gasteiger partial charge in [0.1, 0.15) is 5.82 Å². The third-order valence-corrected chi connectivity index (χ3v) is 4.80. The van der Waals surface area contributed by atoms with Crippen molar-refractivity contribution in [1.29, 1.82) is 0 Å². The third-order valence-electron chi connectivity index (χ3n) is 4.01. The Labute approximate surface area is 153 Å². The van der Waals surface area contributed by atoms with Crippen molar-refractivity contribution in [3.05, 3.63) is 63.7 Å². The van der Waals surface area contributed by atoms with E-state index in [9.17, 15) is 18.0 Å². The first-order valence-corrected chi connectivity index (χ1v) is 8.25. The molecule has 0 N–H and O–H groups in total. The first kappa shape index (κ1) is 16.8. The minimum Gasteiger partial charge on any atom is -0.415 e. The molecule has 0 unspecified atom stereocenters.